The quantitative estimate of drug-likeness (QED) is 0.462. The number of esters is 1. The normalized spacial score (nSPS) is 11.3. The first-order chi connectivity index (χ1) is 15.5. The number of ether oxygens (including phenoxy) is 2. The summed E-state index contributed by atoms with van der Waals surface area (Å²) in [5, 5.41) is 7.20. The average Bonchev–Trinajstić information content (AvgIpc) is 3.37. The summed E-state index contributed by atoms with van der Waals surface area (Å²) < 4.78 is 10.3. The Balaban J connectivity index is 1.54. The van der Waals surface area contributed by atoms with Crippen LogP contribution in [0.4, 0.5) is 0 Å². The molecule has 1 heterocycles. The van der Waals surface area contributed by atoms with Crippen LogP contribution in [0.3, 0.4) is 0 Å². The van der Waals surface area contributed by atoms with Crippen LogP contribution in [0.1, 0.15) is 20.8 Å². The summed E-state index contributed by atoms with van der Waals surface area (Å²) in [4.78, 5) is 37.8. The number of amides is 2. The number of benzene rings is 2. The van der Waals surface area contributed by atoms with Crippen molar-refractivity contribution in [3.63, 3.8) is 0 Å². The van der Waals surface area contributed by atoms with E-state index in [-0.39, 0.29) is 12.3 Å². The predicted molar refractivity (Wildman–Crippen MR) is 122 cm³/mol. The van der Waals surface area contributed by atoms with E-state index >= 15 is 0 Å². The van der Waals surface area contributed by atoms with Crippen LogP contribution in [0, 0.1) is 0 Å². The third kappa shape index (κ3) is 6.95. The van der Waals surface area contributed by atoms with E-state index in [9.17, 15) is 14.4 Å². The number of thiophene rings is 1. The second-order valence-corrected chi connectivity index (χ2v) is 7.87. The molecule has 0 aliphatic heterocycles. The van der Waals surface area contributed by atoms with Crippen LogP contribution < -0.4 is 15.4 Å². The van der Waals surface area contributed by atoms with Gasteiger partial charge in [-0.05, 0) is 34.7 Å². The van der Waals surface area contributed by atoms with Crippen molar-refractivity contribution < 1.29 is 23.9 Å². The topological polar surface area (TPSA) is 93.7 Å². The van der Waals surface area contributed by atoms with Gasteiger partial charge in [-0.2, -0.15) is 0 Å². The molecule has 0 radical (unpaired) electrons. The van der Waals surface area contributed by atoms with Gasteiger partial charge in [0.05, 0.1) is 12.0 Å². The Labute approximate surface area is 190 Å². The zero-order valence-corrected chi connectivity index (χ0v) is 18.4. The highest BCUT2D eigenvalue weighted by Gasteiger charge is 2.24. The zero-order chi connectivity index (χ0) is 22.8. The van der Waals surface area contributed by atoms with Gasteiger partial charge in [-0.15, -0.1) is 11.3 Å². The number of hydrogen-bond acceptors (Lipinski definition) is 6. The molecule has 0 aliphatic carbocycles. The van der Waals surface area contributed by atoms with E-state index in [1.807, 2.05) is 42.5 Å². The molecule has 0 fully saturated rings. The highest BCUT2D eigenvalue weighted by atomic mass is 32.1. The molecular weight excluding hydrogens is 428 g/mol. The minimum absolute atomic E-state index is 0.254. The van der Waals surface area contributed by atoms with Gasteiger partial charge in [0.25, 0.3) is 11.8 Å². The maximum atomic E-state index is 12.7. The van der Waals surface area contributed by atoms with Crippen LogP contribution in [-0.2, 0) is 27.3 Å². The van der Waals surface area contributed by atoms with E-state index < -0.39 is 24.5 Å². The van der Waals surface area contributed by atoms with Crippen molar-refractivity contribution in [3.8, 4) is 5.75 Å². The standard InChI is InChI=1S/C24H24N2O5S/c1-30-19-11-9-18(10-12-19)15-25-22(27)16-31-24(29)20(14-17-6-3-2-4-7-17)26-23(28)21-8-5-13-32-21/h2-13,20H,14-16H2,1H3,(H,25,27)(H,26,28)/t20-/m0/s1. The molecular formula is C24H24N2O5S. The van der Waals surface area contributed by atoms with Gasteiger partial charge in [0.15, 0.2) is 6.61 Å². The number of carbonyl (C=O) groups excluding carboxylic acids is 3. The van der Waals surface area contributed by atoms with Crippen LogP contribution >= 0.6 is 11.3 Å². The fourth-order valence-corrected chi connectivity index (χ4v) is 3.54. The highest BCUT2D eigenvalue weighted by Crippen LogP contribution is 2.12. The summed E-state index contributed by atoms with van der Waals surface area (Å²) in [5.41, 5.74) is 1.75. The number of methoxy groups -OCH3 is 1. The summed E-state index contributed by atoms with van der Waals surface area (Å²) in [6, 6.07) is 19.1. The van der Waals surface area contributed by atoms with E-state index in [1.165, 1.54) is 11.3 Å². The minimum atomic E-state index is -0.915. The zero-order valence-electron chi connectivity index (χ0n) is 17.6. The summed E-state index contributed by atoms with van der Waals surface area (Å²) in [7, 11) is 1.58. The van der Waals surface area contributed by atoms with E-state index in [2.05, 4.69) is 10.6 Å². The van der Waals surface area contributed by atoms with Crippen molar-refractivity contribution in [1.82, 2.24) is 10.6 Å². The Kier molecular flexibility index (Phi) is 8.39. The Bertz CT molecular complexity index is 1020. The van der Waals surface area contributed by atoms with E-state index in [4.69, 9.17) is 9.47 Å². The SMILES string of the molecule is COc1ccc(CNC(=O)COC(=O)[C@H](Cc2ccccc2)NC(=O)c2cccs2)cc1. The smallest absolute Gasteiger partial charge is 0.329 e. The first-order valence-corrected chi connectivity index (χ1v) is 10.9. The lowest BCUT2D eigenvalue weighted by molar-refractivity contribution is -0.150. The van der Waals surface area contributed by atoms with Crippen LogP contribution in [0.25, 0.3) is 0 Å². The third-order valence-electron chi connectivity index (χ3n) is 4.61. The van der Waals surface area contributed by atoms with Crippen molar-refractivity contribution in [2.24, 2.45) is 0 Å². The van der Waals surface area contributed by atoms with E-state index in [0.717, 1.165) is 16.9 Å². The second-order valence-electron chi connectivity index (χ2n) is 6.93. The fraction of sp³-hybridized carbons (Fsp3) is 0.208. The lowest BCUT2D eigenvalue weighted by atomic mass is 10.1. The van der Waals surface area contributed by atoms with Gasteiger partial charge in [-0.25, -0.2) is 4.79 Å². The molecule has 0 unspecified atom stereocenters. The van der Waals surface area contributed by atoms with Crippen LogP contribution in [0.5, 0.6) is 5.75 Å². The number of hydrogen-bond donors (Lipinski definition) is 2. The Morgan fingerprint density at radius 3 is 2.34 bits per heavy atom. The second kappa shape index (κ2) is 11.7. The van der Waals surface area contributed by atoms with Crippen molar-refractivity contribution in [3.05, 3.63) is 88.1 Å². The fourth-order valence-electron chi connectivity index (χ4n) is 2.91. The van der Waals surface area contributed by atoms with Crippen molar-refractivity contribution in [2.45, 2.75) is 19.0 Å². The molecule has 1 aromatic heterocycles. The molecule has 2 aromatic carbocycles. The molecule has 0 spiro atoms. The summed E-state index contributed by atoms with van der Waals surface area (Å²) in [6.45, 7) is -0.141. The number of carbonyl (C=O) groups is 3. The van der Waals surface area contributed by atoms with Crippen LogP contribution in [0.2, 0.25) is 0 Å². The molecule has 3 aromatic rings. The monoisotopic (exact) mass is 452 g/mol. The molecule has 0 saturated heterocycles. The molecule has 2 amide bonds. The molecule has 7 nitrogen and oxygen atoms in total. The molecule has 8 heteroatoms. The number of nitrogens with one attached hydrogen (secondary N) is 2. The molecule has 166 valence electrons. The first-order valence-electron chi connectivity index (χ1n) is 9.99. The van der Waals surface area contributed by atoms with Crippen molar-refractivity contribution >= 4 is 29.1 Å². The Morgan fingerprint density at radius 1 is 0.938 bits per heavy atom. The highest BCUT2D eigenvalue weighted by molar-refractivity contribution is 7.12. The maximum Gasteiger partial charge on any atom is 0.329 e. The Morgan fingerprint density at radius 2 is 1.69 bits per heavy atom. The lowest BCUT2D eigenvalue weighted by Crippen LogP contribution is -2.44. The van der Waals surface area contributed by atoms with Crippen LogP contribution in [0.15, 0.2) is 72.1 Å². The molecule has 0 aliphatic rings. The predicted octanol–water partition coefficient (Wildman–Crippen LogP) is 2.96. The summed E-state index contributed by atoms with van der Waals surface area (Å²) >= 11 is 1.28. The van der Waals surface area contributed by atoms with Gasteiger partial charge < -0.3 is 20.1 Å². The maximum absolute atomic E-state index is 12.7. The minimum Gasteiger partial charge on any atom is -0.497 e. The van der Waals surface area contributed by atoms with Crippen LogP contribution in [-0.4, -0.2) is 37.5 Å². The molecule has 1 atom stereocenters. The van der Waals surface area contributed by atoms with Crippen molar-refractivity contribution in [2.75, 3.05) is 13.7 Å². The molecule has 0 bridgehead atoms. The molecule has 3 rings (SSSR count). The van der Waals surface area contributed by atoms with E-state index in [1.54, 1.807) is 36.8 Å². The number of rotatable bonds is 10. The van der Waals surface area contributed by atoms with Gasteiger partial charge in [0.2, 0.25) is 0 Å². The average molecular weight is 453 g/mol. The van der Waals surface area contributed by atoms with E-state index in [0.29, 0.717) is 11.4 Å². The lowest BCUT2D eigenvalue weighted by Gasteiger charge is -2.17. The van der Waals surface area contributed by atoms with Gasteiger partial charge in [-0.3, -0.25) is 9.59 Å². The molecule has 32 heavy (non-hydrogen) atoms. The Hall–Kier alpha value is -3.65. The largest absolute Gasteiger partial charge is 0.497 e. The third-order valence-corrected chi connectivity index (χ3v) is 5.48. The van der Waals surface area contributed by atoms with Gasteiger partial charge in [-0.1, -0.05) is 48.5 Å². The van der Waals surface area contributed by atoms with Gasteiger partial charge in [0, 0.05) is 13.0 Å². The first kappa shape index (κ1) is 23.0. The molecule has 0 saturated carbocycles. The van der Waals surface area contributed by atoms with Gasteiger partial charge >= 0.3 is 5.97 Å². The summed E-state index contributed by atoms with van der Waals surface area (Å²) in [5.74, 6) is -0.736. The van der Waals surface area contributed by atoms with Gasteiger partial charge in [0.1, 0.15) is 11.8 Å². The summed E-state index contributed by atoms with van der Waals surface area (Å²) in [6.07, 6.45) is 0.254. The molecule has 2 N–H and O–H groups in total. The van der Waals surface area contributed by atoms with Crippen molar-refractivity contribution in [1.29, 1.82) is 0 Å².